The third-order valence-electron chi connectivity index (χ3n) is 6.39. The molecule has 10 heteroatoms. The van der Waals surface area contributed by atoms with Crippen molar-refractivity contribution in [2.24, 2.45) is 5.92 Å². The lowest BCUT2D eigenvalue weighted by Crippen LogP contribution is -2.29. The zero-order valence-corrected chi connectivity index (χ0v) is 20.3. The summed E-state index contributed by atoms with van der Waals surface area (Å²) in [6.45, 7) is 0. The molecule has 5 rings (SSSR count). The number of alkyl halides is 3. The first-order valence-corrected chi connectivity index (χ1v) is 13.0. The van der Waals surface area contributed by atoms with E-state index in [1.807, 2.05) is 12.1 Å². The molecule has 3 aromatic rings. The van der Waals surface area contributed by atoms with Gasteiger partial charge in [-0.3, -0.25) is 4.72 Å². The van der Waals surface area contributed by atoms with Crippen LogP contribution in [0.4, 0.5) is 24.5 Å². The number of fused-ring (bicyclic) bond motifs is 3. The number of hydrogen-bond acceptors (Lipinski definition) is 3. The quantitative estimate of drug-likeness (QED) is 0.335. The number of anilines is 2. The van der Waals surface area contributed by atoms with Crippen molar-refractivity contribution in [2.45, 2.75) is 29.5 Å². The summed E-state index contributed by atoms with van der Waals surface area (Å²) in [6.07, 6.45) is 0.347. The lowest BCUT2D eigenvalue weighted by molar-refractivity contribution is -0.137. The molecule has 0 bridgehead atoms. The Morgan fingerprint density at radius 2 is 1.77 bits per heavy atom. The number of sulfonamides is 1. The van der Waals surface area contributed by atoms with Crippen LogP contribution in [0.1, 0.15) is 35.1 Å². The van der Waals surface area contributed by atoms with Gasteiger partial charge in [0.15, 0.2) is 0 Å². The molecule has 1 aliphatic carbocycles. The largest absolute Gasteiger partial charge is 0.416 e. The van der Waals surface area contributed by atoms with Gasteiger partial charge in [-0.1, -0.05) is 47.5 Å². The van der Waals surface area contributed by atoms with Crippen molar-refractivity contribution in [3.05, 3.63) is 99.6 Å². The van der Waals surface area contributed by atoms with Crippen molar-refractivity contribution in [3.63, 3.8) is 0 Å². The van der Waals surface area contributed by atoms with Gasteiger partial charge < -0.3 is 5.32 Å². The van der Waals surface area contributed by atoms with Crippen LogP contribution >= 0.6 is 23.2 Å². The lowest BCUT2D eigenvalue weighted by atomic mass is 9.77. The maximum absolute atomic E-state index is 13.0. The molecule has 0 radical (unpaired) electrons. The predicted octanol–water partition coefficient (Wildman–Crippen LogP) is 7.64. The summed E-state index contributed by atoms with van der Waals surface area (Å²) in [5.74, 6) is 0.100. The predicted molar refractivity (Wildman–Crippen MR) is 132 cm³/mol. The summed E-state index contributed by atoms with van der Waals surface area (Å²) >= 11 is 12.3. The highest BCUT2D eigenvalue weighted by Gasteiger charge is 2.38. The fourth-order valence-corrected chi connectivity index (χ4v) is 6.14. The molecule has 1 aliphatic heterocycles. The molecule has 4 nitrogen and oxygen atoms in total. The molecule has 182 valence electrons. The van der Waals surface area contributed by atoms with Gasteiger partial charge in [0.2, 0.25) is 0 Å². The molecule has 0 aromatic heterocycles. The van der Waals surface area contributed by atoms with Crippen molar-refractivity contribution >= 4 is 44.6 Å². The van der Waals surface area contributed by atoms with Gasteiger partial charge in [-0.15, -0.1) is 0 Å². The van der Waals surface area contributed by atoms with Crippen molar-refractivity contribution < 1.29 is 21.6 Å². The molecule has 2 N–H and O–H groups in total. The SMILES string of the molecule is O=S(=O)(Nc1cccc(C(F)(F)F)c1)c1ccc2c(c1)[C@H]1C=CC[C@H]1[C@@H](c1ccc(Cl)c(Cl)c1)N2. The summed E-state index contributed by atoms with van der Waals surface area (Å²) in [7, 11) is -4.12. The van der Waals surface area contributed by atoms with E-state index in [0.717, 1.165) is 41.4 Å². The Kier molecular flexibility index (Phi) is 6.02. The summed E-state index contributed by atoms with van der Waals surface area (Å²) in [6, 6.07) is 14.3. The molecule has 0 amide bonds. The fourth-order valence-electron chi connectivity index (χ4n) is 4.75. The minimum atomic E-state index is -4.58. The molecule has 0 spiro atoms. The number of nitrogens with one attached hydrogen (secondary N) is 2. The van der Waals surface area contributed by atoms with Gasteiger partial charge in [0.05, 0.1) is 26.5 Å². The highest BCUT2D eigenvalue weighted by atomic mass is 35.5. The van der Waals surface area contributed by atoms with E-state index in [4.69, 9.17) is 23.2 Å². The Hall–Kier alpha value is -2.68. The van der Waals surface area contributed by atoms with E-state index in [-0.39, 0.29) is 28.5 Å². The van der Waals surface area contributed by atoms with Gasteiger partial charge in [0.25, 0.3) is 10.0 Å². The number of halogens is 5. The highest BCUT2D eigenvalue weighted by Crippen LogP contribution is 2.50. The second kappa shape index (κ2) is 8.76. The standard InChI is InChI=1S/C25H19Cl2F3N2O2S/c26-21-9-7-14(11-22(21)27)24-19-6-2-5-18(19)20-13-17(8-10-23(20)31-24)35(33,34)32-16-4-1-3-15(12-16)25(28,29)30/h1-5,7-13,18-19,24,31-32H,6H2/t18-,19+,24+/m0/s1. The van der Waals surface area contributed by atoms with Crippen LogP contribution in [-0.4, -0.2) is 8.42 Å². The first kappa shape index (κ1) is 24.0. The van der Waals surface area contributed by atoms with Crippen LogP contribution in [0.5, 0.6) is 0 Å². The van der Waals surface area contributed by atoms with Crippen LogP contribution in [0, 0.1) is 5.92 Å². The monoisotopic (exact) mass is 538 g/mol. The van der Waals surface area contributed by atoms with E-state index in [2.05, 4.69) is 22.2 Å². The number of benzene rings is 3. The summed E-state index contributed by atoms with van der Waals surface area (Å²) in [5.41, 5.74) is 1.49. The third-order valence-corrected chi connectivity index (χ3v) is 8.51. The van der Waals surface area contributed by atoms with E-state index in [1.165, 1.54) is 12.1 Å². The third kappa shape index (κ3) is 4.62. The van der Waals surface area contributed by atoms with Gasteiger partial charge in [-0.25, -0.2) is 8.42 Å². The van der Waals surface area contributed by atoms with Crippen molar-refractivity contribution in [1.29, 1.82) is 0 Å². The topological polar surface area (TPSA) is 58.2 Å². The van der Waals surface area contributed by atoms with Crippen LogP contribution in [0.15, 0.2) is 77.7 Å². The Balaban J connectivity index is 1.47. The van der Waals surface area contributed by atoms with E-state index >= 15 is 0 Å². The molecule has 35 heavy (non-hydrogen) atoms. The minimum absolute atomic E-state index is 0.0255. The Morgan fingerprint density at radius 3 is 2.51 bits per heavy atom. The van der Waals surface area contributed by atoms with Gasteiger partial charge in [-0.2, -0.15) is 13.2 Å². The molecular formula is C25H19Cl2F3N2O2S. The fraction of sp³-hybridized carbons (Fsp3) is 0.200. The Bertz CT molecular complexity index is 1440. The molecule has 0 unspecified atom stereocenters. The van der Waals surface area contributed by atoms with Gasteiger partial charge >= 0.3 is 6.18 Å². The van der Waals surface area contributed by atoms with Crippen LogP contribution in [0.2, 0.25) is 10.0 Å². The lowest BCUT2D eigenvalue weighted by Gasteiger charge is -2.37. The number of rotatable bonds is 4. The van der Waals surface area contributed by atoms with Gasteiger partial charge in [-0.05, 0) is 72.0 Å². The summed E-state index contributed by atoms with van der Waals surface area (Å²) < 4.78 is 67.4. The maximum Gasteiger partial charge on any atom is 0.416 e. The second-order valence-corrected chi connectivity index (χ2v) is 11.1. The Labute approximate surface area is 210 Å². The average molecular weight is 539 g/mol. The molecule has 3 aromatic carbocycles. The molecule has 0 fully saturated rings. The first-order chi connectivity index (χ1) is 16.5. The van der Waals surface area contributed by atoms with Crippen LogP contribution in [0.3, 0.4) is 0 Å². The summed E-state index contributed by atoms with van der Waals surface area (Å²) in [4.78, 5) is -0.0255. The first-order valence-electron chi connectivity index (χ1n) is 10.7. The van der Waals surface area contributed by atoms with Gasteiger partial charge in [0.1, 0.15) is 0 Å². The average Bonchev–Trinajstić information content (AvgIpc) is 3.30. The van der Waals surface area contributed by atoms with Gasteiger partial charge in [0, 0.05) is 17.3 Å². The van der Waals surface area contributed by atoms with E-state index < -0.39 is 21.8 Å². The number of hydrogen-bond donors (Lipinski definition) is 2. The summed E-state index contributed by atoms with van der Waals surface area (Å²) in [5, 5.41) is 4.43. The Morgan fingerprint density at radius 1 is 0.971 bits per heavy atom. The zero-order valence-electron chi connectivity index (χ0n) is 18.0. The number of allylic oxidation sites excluding steroid dienone is 2. The highest BCUT2D eigenvalue weighted by molar-refractivity contribution is 7.92. The smallest absolute Gasteiger partial charge is 0.378 e. The molecule has 0 saturated heterocycles. The molecule has 2 aliphatic rings. The molecule has 1 heterocycles. The molecule has 3 atom stereocenters. The van der Waals surface area contributed by atoms with Crippen molar-refractivity contribution in [1.82, 2.24) is 0 Å². The maximum atomic E-state index is 13.0. The van der Waals surface area contributed by atoms with E-state index in [9.17, 15) is 21.6 Å². The van der Waals surface area contributed by atoms with Crippen molar-refractivity contribution in [2.75, 3.05) is 10.0 Å². The van der Waals surface area contributed by atoms with E-state index in [0.29, 0.717) is 10.0 Å². The van der Waals surface area contributed by atoms with Crippen LogP contribution in [0.25, 0.3) is 0 Å². The minimum Gasteiger partial charge on any atom is -0.378 e. The van der Waals surface area contributed by atoms with Crippen LogP contribution in [-0.2, 0) is 16.2 Å². The normalized spacial score (nSPS) is 21.2. The zero-order chi connectivity index (χ0) is 25.0. The van der Waals surface area contributed by atoms with Crippen LogP contribution < -0.4 is 10.0 Å². The molecular weight excluding hydrogens is 520 g/mol. The molecule has 0 saturated carbocycles. The van der Waals surface area contributed by atoms with E-state index in [1.54, 1.807) is 18.2 Å². The van der Waals surface area contributed by atoms with Crippen molar-refractivity contribution in [3.8, 4) is 0 Å². The second-order valence-electron chi connectivity index (χ2n) is 8.58.